The van der Waals surface area contributed by atoms with Crippen molar-refractivity contribution in [1.29, 1.82) is 0 Å². The fourth-order valence-corrected chi connectivity index (χ4v) is 1.95. The molecule has 0 radical (unpaired) electrons. The van der Waals surface area contributed by atoms with Gasteiger partial charge in [0.15, 0.2) is 5.76 Å². The molecule has 2 heterocycles. The van der Waals surface area contributed by atoms with Gasteiger partial charge in [0.05, 0.1) is 6.54 Å². The largest absolute Gasteiger partial charge is 0.454 e. The van der Waals surface area contributed by atoms with Gasteiger partial charge in [-0.15, -0.1) is 0 Å². The minimum absolute atomic E-state index is 0.0484. The molecule has 7 heteroatoms. The number of carbonyl (C=O) groups excluding carboxylic acids is 3. The lowest BCUT2D eigenvalue weighted by atomic mass is 10.2. The Morgan fingerprint density at radius 3 is 2.47 bits per heavy atom. The first-order valence-corrected chi connectivity index (χ1v) is 6.04. The number of nitrogens with two attached hydrogens (primary N) is 1. The van der Waals surface area contributed by atoms with Crippen LogP contribution in [0.2, 0.25) is 0 Å². The molecule has 0 aliphatic carbocycles. The number of imide groups is 1. The average Bonchev–Trinajstić information content (AvgIpc) is 2.82. The Balaban J connectivity index is 2.10. The van der Waals surface area contributed by atoms with Crippen LogP contribution in [0.25, 0.3) is 0 Å². The molecule has 0 atom stereocenters. The molecular weight excluding hydrogens is 250 g/mol. The summed E-state index contributed by atoms with van der Waals surface area (Å²) >= 11 is 0. The quantitative estimate of drug-likeness (QED) is 0.354. The van der Waals surface area contributed by atoms with Gasteiger partial charge in [0, 0.05) is 12.8 Å². The standard InChI is InChI=1S/C12H15N3O4/c13-14-12(18)9-6-5-8(19-9)7-15-10(16)3-1-2-4-11(15)17/h5-6H,1-4,7,13H2,(H,14,18). The summed E-state index contributed by atoms with van der Waals surface area (Å²) < 4.78 is 5.24. The first-order valence-electron chi connectivity index (χ1n) is 6.04. The van der Waals surface area contributed by atoms with Crippen LogP contribution in [-0.4, -0.2) is 22.6 Å². The molecule has 0 aromatic carbocycles. The van der Waals surface area contributed by atoms with E-state index in [2.05, 4.69) is 0 Å². The topological polar surface area (TPSA) is 106 Å². The third-order valence-electron chi connectivity index (χ3n) is 2.96. The van der Waals surface area contributed by atoms with E-state index >= 15 is 0 Å². The van der Waals surface area contributed by atoms with Crippen LogP contribution in [0.3, 0.4) is 0 Å². The van der Waals surface area contributed by atoms with Gasteiger partial charge in [0.2, 0.25) is 11.8 Å². The third-order valence-corrected chi connectivity index (χ3v) is 2.96. The van der Waals surface area contributed by atoms with Gasteiger partial charge in [-0.1, -0.05) is 0 Å². The number of furan rings is 1. The highest BCUT2D eigenvalue weighted by atomic mass is 16.4. The highest BCUT2D eigenvalue weighted by molar-refractivity contribution is 5.96. The van der Waals surface area contributed by atoms with Crippen LogP contribution in [0.1, 0.15) is 42.0 Å². The Morgan fingerprint density at radius 1 is 1.26 bits per heavy atom. The van der Waals surface area contributed by atoms with E-state index in [1.54, 1.807) is 6.07 Å². The van der Waals surface area contributed by atoms with E-state index < -0.39 is 5.91 Å². The molecule has 102 valence electrons. The maximum Gasteiger partial charge on any atom is 0.300 e. The summed E-state index contributed by atoms with van der Waals surface area (Å²) in [5.41, 5.74) is 1.95. The number of carbonyl (C=O) groups is 3. The second kappa shape index (κ2) is 5.66. The summed E-state index contributed by atoms with van der Waals surface area (Å²) in [7, 11) is 0. The molecule has 0 saturated carbocycles. The van der Waals surface area contributed by atoms with Crippen molar-refractivity contribution in [3.63, 3.8) is 0 Å². The van der Waals surface area contributed by atoms with E-state index in [1.807, 2.05) is 5.43 Å². The van der Waals surface area contributed by atoms with E-state index in [0.29, 0.717) is 18.6 Å². The average molecular weight is 265 g/mol. The number of nitrogens with zero attached hydrogens (tertiary/aromatic N) is 1. The van der Waals surface area contributed by atoms with Gasteiger partial charge in [-0.05, 0) is 25.0 Å². The van der Waals surface area contributed by atoms with Crippen LogP contribution in [0.4, 0.5) is 0 Å². The number of hydrazine groups is 1. The molecule has 1 saturated heterocycles. The molecule has 1 fully saturated rings. The molecule has 1 aromatic rings. The van der Waals surface area contributed by atoms with Crippen LogP contribution < -0.4 is 11.3 Å². The predicted molar refractivity (Wildman–Crippen MR) is 64.4 cm³/mol. The summed E-state index contributed by atoms with van der Waals surface area (Å²) in [5, 5.41) is 0. The van der Waals surface area contributed by atoms with Crippen LogP contribution in [0.5, 0.6) is 0 Å². The number of nitrogen functional groups attached to an aromatic ring is 1. The lowest BCUT2D eigenvalue weighted by Gasteiger charge is -2.16. The Kier molecular flexibility index (Phi) is 3.96. The molecule has 0 unspecified atom stereocenters. The number of amides is 3. The number of hydrogen-bond donors (Lipinski definition) is 2. The minimum atomic E-state index is -0.556. The lowest BCUT2D eigenvalue weighted by Crippen LogP contribution is -2.34. The zero-order valence-electron chi connectivity index (χ0n) is 10.3. The van der Waals surface area contributed by atoms with Gasteiger partial charge in [0.1, 0.15) is 5.76 Å². The number of hydrogen-bond acceptors (Lipinski definition) is 5. The second-order valence-corrected chi connectivity index (χ2v) is 4.32. The van der Waals surface area contributed by atoms with Crippen molar-refractivity contribution in [2.75, 3.05) is 0 Å². The maximum atomic E-state index is 11.8. The molecule has 3 N–H and O–H groups in total. The SMILES string of the molecule is NNC(=O)c1ccc(CN2C(=O)CCCCC2=O)o1. The maximum absolute atomic E-state index is 11.8. The number of nitrogens with one attached hydrogen (secondary N) is 1. The Hall–Kier alpha value is -2.15. The summed E-state index contributed by atoms with van der Waals surface area (Å²) in [6.45, 7) is 0.0511. The Labute approximate surface area is 109 Å². The summed E-state index contributed by atoms with van der Waals surface area (Å²) in [5.74, 6) is 4.44. The zero-order valence-corrected chi connectivity index (χ0v) is 10.3. The molecule has 0 bridgehead atoms. The lowest BCUT2D eigenvalue weighted by molar-refractivity contribution is -0.144. The van der Waals surface area contributed by atoms with E-state index in [1.165, 1.54) is 11.0 Å². The zero-order chi connectivity index (χ0) is 13.8. The second-order valence-electron chi connectivity index (χ2n) is 4.32. The number of rotatable bonds is 3. The smallest absolute Gasteiger partial charge is 0.300 e. The van der Waals surface area contributed by atoms with Crippen molar-refractivity contribution in [2.45, 2.75) is 32.2 Å². The molecule has 7 nitrogen and oxygen atoms in total. The van der Waals surface area contributed by atoms with Gasteiger partial charge >= 0.3 is 5.91 Å². The van der Waals surface area contributed by atoms with Crippen molar-refractivity contribution in [3.05, 3.63) is 23.7 Å². The monoisotopic (exact) mass is 265 g/mol. The molecular formula is C12H15N3O4. The van der Waals surface area contributed by atoms with Crippen molar-refractivity contribution >= 4 is 17.7 Å². The minimum Gasteiger partial charge on any atom is -0.454 e. The molecule has 3 amide bonds. The van der Waals surface area contributed by atoms with E-state index in [0.717, 1.165) is 12.8 Å². The van der Waals surface area contributed by atoms with E-state index in [-0.39, 0.29) is 24.1 Å². The first kappa shape index (κ1) is 13.3. The highest BCUT2D eigenvalue weighted by Gasteiger charge is 2.25. The van der Waals surface area contributed by atoms with Gasteiger partial charge < -0.3 is 4.42 Å². The normalized spacial score (nSPS) is 16.4. The van der Waals surface area contributed by atoms with E-state index in [9.17, 15) is 14.4 Å². The fraction of sp³-hybridized carbons (Fsp3) is 0.417. The van der Waals surface area contributed by atoms with Gasteiger partial charge in [-0.3, -0.25) is 24.7 Å². The number of likely N-dealkylation sites (tertiary alicyclic amines) is 1. The van der Waals surface area contributed by atoms with E-state index in [4.69, 9.17) is 10.3 Å². The van der Waals surface area contributed by atoms with Crippen molar-refractivity contribution < 1.29 is 18.8 Å². The summed E-state index contributed by atoms with van der Waals surface area (Å²) in [6.07, 6.45) is 2.17. The Bertz CT molecular complexity index is 491. The third kappa shape index (κ3) is 3.00. The van der Waals surface area contributed by atoms with Crippen LogP contribution in [0.15, 0.2) is 16.5 Å². The first-order chi connectivity index (χ1) is 9.11. The fourth-order valence-electron chi connectivity index (χ4n) is 1.95. The highest BCUT2D eigenvalue weighted by Crippen LogP contribution is 2.17. The van der Waals surface area contributed by atoms with Crippen LogP contribution in [0, 0.1) is 0 Å². The van der Waals surface area contributed by atoms with Crippen molar-refractivity contribution in [2.24, 2.45) is 5.84 Å². The van der Waals surface area contributed by atoms with Crippen molar-refractivity contribution in [3.8, 4) is 0 Å². The van der Waals surface area contributed by atoms with Gasteiger partial charge in [-0.2, -0.15) is 0 Å². The molecule has 1 aliphatic heterocycles. The predicted octanol–water partition coefficient (Wildman–Crippen LogP) is 0.312. The van der Waals surface area contributed by atoms with Crippen molar-refractivity contribution in [1.82, 2.24) is 10.3 Å². The van der Waals surface area contributed by atoms with Crippen LogP contribution in [-0.2, 0) is 16.1 Å². The molecule has 1 aromatic heterocycles. The van der Waals surface area contributed by atoms with Crippen LogP contribution >= 0.6 is 0 Å². The summed E-state index contributed by atoms with van der Waals surface area (Å²) in [4.78, 5) is 36.0. The molecule has 0 spiro atoms. The molecule has 19 heavy (non-hydrogen) atoms. The molecule has 1 aliphatic rings. The molecule has 2 rings (SSSR count). The summed E-state index contributed by atoms with van der Waals surface area (Å²) in [6, 6.07) is 3.00. The van der Waals surface area contributed by atoms with Gasteiger partial charge in [-0.25, -0.2) is 5.84 Å². The van der Waals surface area contributed by atoms with Gasteiger partial charge in [0.25, 0.3) is 0 Å². The Morgan fingerprint density at radius 2 is 1.89 bits per heavy atom.